The number of hydrogen-bond donors (Lipinski definition) is 1. The highest BCUT2D eigenvalue weighted by Crippen LogP contribution is 2.58. The van der Waals surface area contributed by atoms with Gasteiger partial charge in [-0.2, -0.15) is 0 Å². The molecule has 1 N–H and O–H groups in total. The summed E-state index contributed by atoms with van der Waals surface area (Å²) in [5, 5.41) is 9.30. The summed E-state index contributed by atoms with van der Waals surface area (Å²) in [5.74, 6) is -0.968. The molecule has 0 bridgehead atoms. The molecule has 0 aliphatic heterocycles. The predicted octanol–water partition coefficient (Wildman–Crippen LogP) is 4.15. The zero-order chi connectivity index (χ0) is 16.4. The van der Waals surface area contributed by atoms with Gasteiger partial charge in [-0.15, -0.1) is 0 Å². The predicted molar refractivity (Wildman–Crippen MR) is 89.1 cm³/mol. The smallest absolute Gasteiger partial charge is 0.307 e. The van der Waals surface area contributed by atoms with Crippen LogP contribution in [-0.2, 0) is 9.53 Å². The molecule has 2 unspecified atom stereocenters. The SMILES string of the molecule is CC1(C)C(COC(c2ccccc2)c2ccccc2)C1C(=O)O. The van der Waals surface area contributed by atoms with E-state index in [1.165, 1.54) is 0 Å². The Kier molecular flexibility index (Phi) is 4.22. The Labute approximate surface area is 136 Å². The summed E-state index contributed by atoms with van der Waals surface area (Å²) < 4.78 is 6.19. The summed E-state index contributed by atoms with van der Waals surface area (Å²) in [7, 11) is 0. The molecule has 2 atom stereocenters. The average Bonchev–Trinajstić information content (AvgIpc) is 3.11. The summed E-state index contributed by atoms with van der Waals surface area (Å²) >= 11 is 0. The lowest BCUT2D eigenvalue weighted by molar-refractivity contribution is -0.139. The topological polar surface area (TPSA) is 46.5 Å². The maximum Gasteiger partial charge on any atom is 0.307 e. The third kappa shape index (κ3) is 3.15. The van der Waals surface area contributed by atoms with Gasteiger partial charge in [-0.1, -0.05) is 74.5 Å². The van der Waals surface area contributed by atoms with Crippen molar-refractivity contribution in [2.24, 2.45) is 17.3 Å². The zero-order valence-electron chi connectivity index (χ0n) is 13.5. The van der Waals surface area contributed by atoms with Crippen LogP contribution in [0.15, 0.2) is 60.7 Å². The van der Waals surface area contributed by atoms with Gasteiger partial charge in [0, 0.05) is 5.92 Å². The normalized spacial score (nSPS) is 22.0. The molecule has 1 fully saturated rings. The Hall–Kier alpha value is -2.13. The van der Waals surface area contributed by atoms with Crippen molar-refractivity contribution in [2.45, 2.75) is 20.0 Å². The van der Waals surface area contributed by atoms with Gasteiger partial charge in [-0.05, 0) is 16.5 Å². The minimum absolute atomic E-state index is 0.0647. The van der Waals surface area contributed by atoms with Crippen LogP contribution in [0.5, 0.6) is 0 Å². The van der Waals surface area contributed by atoms with Crippen molar-refractivity contribution in [2.75, 3.05) is 6.61 Å². The minimum atomic E-state index is -0.723. The Bertz CT molecular complexity index is 624. The van der Waals surface area contributed by atoms with E-state index in [1.54, 1.807) is 0 Å². The molecule has 0 spiro atoms. The Balaban J connectivity index is 1.77. The highest BCUT2D eigenvalue weighted by molar-refractivity contribution is 5.75. The van der Waals surface area contributed by atoms with Gasteiger partial charge in [0.1, 0.15) is 6.10 Å². The largest absolute Gasteiger partial charge is 0.481 e. The molecule has 1 saturated carbocycles. The number of hydrogen-bond acceptors (Lipinski definition) is 2. The Morgan fingerprint density at radius 3 is 1.91 bits per heavy atom. The first-order chi connectivity index (χ1) is 11.0. The van der Waals surface area contributed by atoms with Crippen molar-refractivity contribution < 1.29 is 14.6 Å². The fraction of sp³-hybridized carbons (Fsp3) is 0.350. The van der Waals surface area contributed by atoms with Crippen molar-refractivity contribution in [1.29, 1.82) is 0 Å². The van der Waals surface area contributed by atoms with E-state index in [0.29, 0.717) is 6.61 Å². The molecule has 3 rings (SSSR count). The van der Waals surface area contributed by atoms with E-state index in [-0.39, 0.29) is 23.4 Å². The summed E-state index contributed by atoms with van der Waals surface area (Å²) in [6.07, 6.45) is -0.164. The second kappa shape index (κ2) is 6.17. The van der Waals surface area contributed by atoms with Crippen LogP contribution >= 0.6 is 0 Å². The van der Waals surface area contributed by atoms with Crippen LogP contribution < -0.4 is 0 Å². The molecule has 3 nitrogen and oxygen atoms in total. The molecule has 2 aromatic carbocycles. The van der Waals surface area contributed by atoms with Gasteiger partial charge in [0.25, 0.3) is 0 Å². The zero-order valence-corrected chi connectivity index (χ0v) is 13.5. The van der Waals surface area contributed by atoms with Crippen LogP contribution in [0.3, 0.4) is 0 Å². The molecule has 0 radical (unpaired) electrons. The number of benzene rings is 2. The first-order valence-corrected chi connectivity index (χ1v) is 7.96. The number of carboxylic acid groups (broad SMARTS) is 1. The summed E-state index contributed by atoms with van der Waals surface area (Å²) in [6, 6.07) is 20.1. The number of carboxylic acids is 1. The maximum atomic E-state index is 11.3. The standard InChI is InChI=1S/C20H22O3/c1-20(2)16(17(20)19(21)22)13-23-18(14-9-5-3-6-10-14)15-11-7-4-8-12-15/h3-12,16-18H,13H2,1-2H3,(H,21,22). The van der Waals surface area contributed by atoms with E-state index in [4.69, 9.17) is 4.74 Å². The van der Waals surface area contributed by atoms with Crippen LogP contribution in [0.1, 0.15) is 31.1 Å². The third-order valence-corrected chi connectivity index (χ3v) is 4.96. The number of ether oxygens (including phenoxy) is 1. The van der Waals surface area contributed by atoms with Crippen LogP contribution in [0.4, 0.5) is 0 Å². The second-order valence-electron chi connectivity index (χ2n) is 6.78. The molecule has 1 aliphatic carbocycles. The number of aliphatic carboxylic acids is 1. The van der Waals surface area contributed by atoms with Gasteiger partial charge in [-0.3, -0.25) is 4.79 Å². The van der Waals surface area contributed by atoms with Crippen LogP contribution in [0.2, 0.25) is 0 Å². The molecule has 2 aromatic rings. The molecule has 0 heterocycles. The van der Waals surface area contributed by atoms with Crippen molar-refractivity contribution in [3.8, 4) is 0 Å². The highest BCUT2D eigenvalue weighted by atomic mass is 16.5. The Morgan fingerprint density at radius 1 is 1.04 bits per heavy atom. The molecule has 23 heavy (non-hydrogen) atoms. The van der Waals surface area contributed by atoms with Crippen molar-refractivity contribution >= 4 is 5.97 Å². The van der Waals surface area contributed by atoms with Crippen LogP contribution in [0.25, 0.3) is 0 Å². The molecule has 0 saturated heterocycles. The van der Waals surface area contributed by atoms with Crippen molar-refractivity contribution in [3.05, 3.63) is 71.8 Å². The lowest BCUT2D eigenvalue weighted by atomic mass is 10.0. The van der Waals surface area contributed by atoms with Crippen molar-refractivity contribution in [1.82, 2.24) is 0 Å². The molecule has 0 amide bonds. The monoisotopic (exact) mass is 310 g/mol. The van der Waals surface area contributed by atoms with E-state index in [1.807, 2.05) is 74.5 Å². The van der Waals surface area contributed by atoms with Crippen LogP contribution in [0, 0.1) is 17.3 Å². The quantitative estimate of drug-likeness (QED) is 0.872. The second-order valence-corrected chi connectivity index (χ2v) is 6.78. The Morgan fingerprint density at radius 2 is 1.52 bits per heavy atom. The molecule has 0 aromatic heterocycles. The maximum absolute atomic E-state index is 11.3. The van der Waals surface area contributed by atoms with E-state index >= 15 is 0 Å². The average molecular weight is 310 g/mol. The van der Waals surface area contributed by atoms with Crippen LogP contribution in [-0.4, -0.2) is 17.7 Å². The molecule has 3 heteroatoms. The number of carbonyl (C=O) groups is 1. The summed E-state index contributed by atoms with van der Waals surface area (Å²) in [5.41, 5.74) is 1.98. The molecule has 120 valence electrons. The van der Waals surface area contributed by atoms with E-state index < -0.39 is 5.97 Å². The third-order valence-electron chi connectivity index (χ3n) is 4.96. The van der Waals surface area contributed by atoms with Gasteiger partial charge in [0.2, 0.25) is 0 Å². The summed E-state index contributed by atoms with van der Waals surface area (Å²) in [6.45, 7) is 4.46. The van der Waals surface area contributed by atoms with E-state index in [2.05, 4.69) is 0 Å². The molecular formula is C20H22O3. The summed E-state index contributed by atoms with van der Waals surface area (Å²) in [4.78, 5) is 11.3. The fourth-order valence-corrected chi connectivity index (χ4v) is 3.39. The lowest BCUT2D eigenvalue weighted by Crippen LogP contribution is -2.11. The van der Waals surface area contributed by atoms with Gasteiger partial charge in [0.15, 0.2) is 0 Å². The molecular weight excluding hydrogens is 288 g/mol. The van der Waals surface area contributed by atoms with Gasteiger partial charge in [-0.25, -0.2) is 0 Å². The van der Waals surface area contributed by atoms with Gasteiger partial charge >= 0.3 is 5.97 Å². The van der Waals surface area contributed by atoms with Gasteiger partial charge in [0.05, 0.1) is 12.5 Å². The first kappa shape index (κ1) is 15.8. The first-order valence-electron chi connectivity index (χ1n) is 7.96. The van der Waals surface area contributed by atoms with Gasteiger partial charge < -0.3 is 9.84 Å². The van der Waals surface area contributed by atoms with Crippen molar-refractivity contribution in [3.63, 3.8) is 0 Å². The van der Waals surface area contributed by atoms with E-state index in [9.17, 15) is 9.90 Å². The molecule has 1 aliphatic rings. The lowest BCUT2D eigenvalue weighted by Gasteiger charge is -2.19. The number of rotatable bonds is 6. The fourth-order valence-electron chi connectivity index (χ4n) is 3.39. The highest BCUT2D eigenvalue weighted by Gasteiger charge is 2.62. The minimum Gasteiger partial charge on any atom is -0.481 e. The van der Waals surface area contributed by atoms with E-state index in [0.717, 1.165) is 11.1 Å².